The number of aliphatic hydroxyl groups is 3. The maximum atomic E-state index is 14.5. The van der Waals surface area contributed by atoms with Crippen molar-refractivity contribution in [1.82, 2.24) is 15.0 Å². The Balaban J connectivity index is 1.55. The van der Waals surface area contributed by atoms with Gasteiger partial charge in [-0.15, -0.1) is 5.10 Å². The number of rotatable bonds is 8. The lowest BCUT2D eigenvalue weighted by Crippen LogP contribution is -2.63. The molecule has 1 saturated carbocycles. The number of hydrogen-bond donors (Lipinski definition) is 3. The fourth-order valence-electron chi connectivity index (χ4n) is 5.96. The fraction of sp³-hybridized carbons (Fsp3) is 0.483. The first-order valence-corrected chi connectivity index (χ1v) is 14.7. The summed E-state index contributed by atoms with van der Waals surface area (Å²) in [6, 6.07) is 5.00. The number of methoxy groups -OCH3 is 2. The van der Waals surface area contributed by atoms with E-state index in [1.807, 2.05) is 0 Å². The van der Waals surface area contributed by atoms with E-state index >= 15 is 0 Å². The molecule has 11 nitrogen and oxygen atoms in total. The molecule has 2 aromatic carbocycles. The Kier molecular flexibility index (Phi) is 10.0. The summed E-state index contributed by atoms with van der Waals surface area (Å²) in [6.07, 6.45) is -2.26. The Morgan fingerprint density at radius 1 is 1.11 bits per heavy atom. The van der Waals surface area contributed by atoms with E-state index in [2.05, 4.69) is 10.3 Å². The molecule has 0 unspecified atom stereocenters. The van der Waals surface area contributed by atoms with Gasteiger partial charge in [0.25, 0.3) is 5.91 Å². The predicted octanol–water partition coefficient (Wildman–Crippen LogP) is 3.55. The quantitative estimate of drug-likeness (QED) is 0.332. The number of carbonyl (C=O) groups is 1. The summed E-state index contributed by atoms with van der Waals surface area (Å²) >= 11 is 12.6. The summed E-state index contributed by atoms with van der Waals surface area (Å²) in [5, 5.41) is 41.1. The molecular formula is C29H32Cl2F2N4O7. The van der Waals surface area contributed by atoms with Crippen molar-refractivity contribution in [3.8, 4) is 17.0 Å². The van der Waals surface area contributed by atoms with Crippen LogP contribution in [0, 0.1) is 11.6 Å². The highest BCUT2D eigenvalue weighted by atomic mass is 35.5. The molecule has 2 heterocycles. The smallest absolute Gasteiger partial charge is 0.259 e. The topological polar surface area (TPSA) is 139 Å². The Morgan fingerprint density at radius 2 is 1.82 bits per heavy atom. The van der Waals surface area contributed by atoms with E-state index in [4.69, 9.17) is 37.4 Å². The molecule has 15 heteroatoms. The van der Waals surface area contributed by atoms with E-state index < -0.39 is 66.8 Å². The first-order chi connectivity index (χ1) is 21.1. The van der Waals surface area contributed by atoms with E-state index in [1.165, 1.54) is 42.1 Å². The van der Waals surface area contributed by atoms with Gasteiger partial charge in [0.05, 0.1) is 32.1 Å². The van der Waals surface area contributed by atoms with E-state index in [-0.39, 0.29) is 27.1 Å². The van der Waals surface area contributed by atoms with E-state index in [0.29, 0.717) is 18.5 Å². The van der Waals surface area contributed by atoms with Gasteiger partial charge >= 0.3 is 0 Å². The molecule has 1 aromatic heterocycles. The zero-order valence-electron chi connectivity index (χ0n) is 23.8. The van der Waals surface area contributed by atoms with Crippen LogP contribution in [0.1, 0.15) is 31.7 Å². The summed E-state index contributed by atoms with van der Waals surface area (Å²) in [7, 11) is 2.51. The molecule has 238 valence electrons. The normalized spacial score (nSPS) is 27.2. The maximum Gasteiger partial charge on any atom is 0.259 e. The van der Waals surface area contributed by atoms with Crippen molar-refractivity contribution < 1.29 is 43.1 Å². The van der Waals surface area contributed by atoms with Gasteiger partial charge in [0.2, 0.25) is 5.82 Å². The van der Waals surface area contributed by atoms with Gasteiger partial charge in [0.15, 0.2) is 17.7 Å². The maximum absolute atomic E-state index is 14.5. The molecule has 0 bridgehead atoms. The Hall–Kier alpha value is -2.91. The largest absolute Gasteiger partial charge is 0.494 e. The van der Waals surface area contributed by atoms with Crippen LogP contribution in [0.15, 0.2) is 36.5 Å². The van der Waals surface area contributed by atoms with Crippen LogP contribution in [0.5, 0.6) is 5.75 Å². The predicted molar refractivity (Wildman–Crippen MR) is 156 cm³/mol. The number of ether oxygens (including phenoxy) is 3. The number of halogens is 4. The van der Waals surface area contributed by atoms with Gasteiger partial charge in [-0.05, 0) is 43.2 Å². The second-order valence-corrected chi connectivity index (χ2v) is 11.6. The van der Waals surface area contributed by atoms with Gasteiger partial charge < -0.3 is 34.4 Å². The summed E-state index contributed by atoms with van der Waals surface area (Å²) in [4.78, 5) is 15.9. The van der Waals surface area contributed by atoms with Gasteiger partial charge in [-0.25, -0.2) is 9.07 Å². The van der Waals surface area contributed by atoms with E-state index in [9.17, 15) is 28.9 Å². The van der Waals surface area contributed by atoms with Crippen molar-refractivity contribution in [2.45, 2.75) is 68.3 Å². The molecule has 2 aliphatic rings. The van der Waals surface area contributed by atoms with Crippen molar-refractivity contribution in [3.05, 3.63) is 58.2 Å². The van der Waals surface area contributed by atoms with Crippen LogP contribution in [0.25, 0.3) is 11.3 Å². The van der Waals surface area contributed by atoms with Crippen LogP contribution >= 0.6 is 23.2 Å². The third-order valence-electron chi connectivity index (χ3n) is 8.10. The second-order valence-electron chi connectivity index (χ2n) is 10.8. The number of nitrogens with zero attached hydrogens (tertiary/aromatic N) is 4. The molecule has 1 aliphatic carbocycles. The lowest BCUT2D eigenvalue weighted by atomic mass is 9.88. The monoisotopic (exact) mass is 656 g/mol. The number of anilines is 1. The number of aromatic nitrogens is 3. The second kappa shape index (κ2) is 13.6. The molecular weight excluding hydrogens is 625 g/mol. The van der Waals surface area contributed by atoms with Gasteiger partial charge in [-0.2, -0.15) is 4.39 Å². The zero-order chi connectivity index (χ0) is 31.7. The van der Waals surface area contributed by atoms with Crippen molar-refractivity contribution in [3.63, 3.8) is 0 Å². The van der Waals surface area contributed by atoms with Crippen LogP contribution in [0.2, 0.25) is 10.0 Å². The highest BCUT2D eigenvalue weighted by Crippen LogP contribution is 2.38. The summed E-state index contributed by atoms with van der Waals surface area (Å²) in [6.45, 7) is -0.658. The lowest BCUT2D eigenvalue weighted by Gasteiger charge is -2.46. The van der Waals surface area contributed by atoms with Crippen LogP contribution in [-0.2, 0) is 14.3 Å². The molecule has 2 fully saturated rings. The lowest BCUT2D eigenvalue weighted by molar-refractivity contribution is -0.211. The van der Waals surface area contributed by atoms with Gasteiger partial charge in [-0.1, -0.05) is 41.3 Å². The minimum absolute atomic E-state index is 0.111. The average Bonchev–Trinajstić information content (AvgIpc) is 3.48. The molecule has 3 N–H and O–H groups in total. The molecule has 1 aliphatic heterocycles. The molecule has 0 spiro atoms. The van der Waals surface area contributed by atoms with Crippen molar-refractivity contribution in [2.75, 3.05) is 25.7 Å². The Labute approximate surface area is 261 Å². The Morgan fingerprint density at radius 3 is 2.45 bits per heavy atom. The van der Waals surface area contributed by atoms with E-state index in [0.717, 1.165) is 18.9 Å². The van der Waals surface area contributed by atoms with Crippen molar-refractivity contribution in [1.29, 1.82) is 0 Å². The van der Waals surface area contributed by atoms with Crippen LogP contribution in [-0.4, -0.2) is 93.6 Å². The van der Waals surface area contributed by atoms with Gasteiger partial charge in [0, 0.05) is 28.4 Å². The third kappa shape index (κ3) is 6.27. The fourth-order valence-corrected chi connectivity index (χ4v) is 6.48. The number of amides is 1. The van der Waals surface area contributed by atoms with E-state index in [1.54, 1.807) is 12.1 Å². The van der Waals surface area contributed by atoms with Gasteiger partial charge in [0.1, 0.15) is 30.0 Å². The Bertz CT molecular complexity index is 1480. The molecule has 3 aromatic rings. The molecule has 1 saturated heterocycles. The molecule has 5 rings (SSSR count). The standard InChI is InChI=1S/C29H32Cl2F2N4O7/c1-42-22-8-14(7-18(32)24(22)33)19-12-36(35-34-19)25-26(40)23(13-38)44-28(27(25)43-2)29(41)37(20-5-3-4-6-21(20)39)17-10-15(30)9-16(31)11-17/h7-12,20-21,23,25-28,38-40H,3-6,13H2,1-2H3/t20-,21-,23+,25-,26-,27+,28+/m0/s1. The van der Waals surface area contributed by atoms with Crippen LogP contribution < -0.4 is 9.64 Å². The number of hydrogen-bond acceptors (Lipinski definition) is 9. The van der Waals surface area contributed by atoms with Crippen molar-refractivity contribution in [2.24, 2.45) is 0 Å². The zero-order valence-corrected chi connectivity index (χ0v) is 25.3. The summed E-state index contributed by atoms with van der Waals surface area (Å²) < 4.78 is 46.1. The first kappa shape index (κ1) is 32.5. The van der Waals surface area contributed by atoms with Crippen molar-refractivity contribution >= 4 is 34.8 Å². The SMILES string of the molecule is COc1cc(-c2cn([C@H]3[C@@H](O)[C@@H](CO)O[C@@H](C(=O)N(c4cc(Cl)cc(Cl)c4)[C@H]4CCCC[C@@H]4O)[C@@H]3OC)nn2)cc(F)c1F. The highest BCUT2D eigenvalue weighted by molar-refractivity contribution is 6.35. The minimum Gasteiger partial charge on any atom is -0.494 e. The molecule has 1 amide bonds. The minimum atomic E-state index is -1.43. The summed E-state index contributed by atoms with van der Waals surface area (Å²) in [5.41, 5.74) is 0.583. The summed E-state index contributed by atoms with van der Waals surface area (Å²) in [5.74, 6) is -3.29. The number of benzene rings is 2. The van der Waals surface area contributed by atoms with Gasteiger partial charge in [-0.3, -0.25) is 4.79 Å². The number of aliphatic hydroxyl groups excluding tert-OH is 3. The highest BCUT2D eigenvalue weighted by Gasteiger charge is 2.52. The van der Waals surface area contributed by atoms with Crippen LogP contribution in [0.4, 0.5) is 14.5 Å². The first-order valence-electron chi connectivity index (χ1n) is 14.0. The van der Waals surface area contributed by atoms with Crippen LogP contribution in [0.3, 0.4) is 0 Å². The third-order valence-corrected chi connectivity index (χ3v) is 8.53. The molecule has 7 atom stereocenters. The number of carbonyl (C=O) groups excluding carboxylic acids is 1. The average molecular weight is 657 g/mol. The molecule has 44 heavy (non-hydrogen) atoms. The molecule has 0 radical (unpaired) electrons.